The Bertz CT molecular complexity index is 197. The predicted molar refractivity (Wildman–Crippen MR) is 69.6 cm³/mol. The molecule has 0 spiro atoms. The Labute approximate surface area is 101 Å². The maximum absolute atomic E-state index is 3.53. The van der Waals surface area contributed by atoms with Crippen LogP contribution in [0.5, 0.6) is 0 Å². The largest absolute Gasteiger partial charge is 0.314 e. The molecule has 1 unspecified atom stereocenters. The quantitative estimate of drug-likeness (QED) is 0.789. The molecule has 0 amide bonds. The lowest BCUT2D eigenvalue weighted by atomic mass is 9.98. The smallest absolute Gasteiger partial charge is 0.0244 e. The highest BCUT2D eigenvalue weighted by molar-refractivity contribution is 4.82. The number of rotatable bonds is 4. The van der Waals surface area contributed by atoms with E-state index in [0.29, 0.717) is 0 Å². The Balaban J connectivity index is 1.76. The van der Waals surface area contributed by atoms with Crippen LogP contribution >= 0.6 is 0 Å². The summed E-state index contributed by atoms with van der Waals surface area (Å²) in [6.07, 6.45) is 7.42. The maximum atomic E-state index is 3.53. The van der Waals surface area contributed by atoms with Gasteiger partial charge in [0, 0.05) is 25.7 Å². The van der Waals surface area contributed by atoms with Crippen LogP contribution in [0.15, 0.2) is 0 Å². The minimum absolute atomic E-state index is 0.773. The molecule has 0 aromatic carbocycles. The van der Waals surface area contributed by atoms with Crippen molar-refractivity contribution in [1.29, 1.82) is 0 Å². The van der Waals surface area contributed by atoms with Crippen LogP contribution in [0.25, 0.3) is 0 Å². The molecule has 16 heavy (non-hydrogen) atoms. The summed E-state index contributed by atoms with van der Waals surface area (Å²) < 4.78 is 0. The third-order valence-electron chi connectivity index (χ3n) is 4.47. The Kier molecular flexibility index (Phi) is 4.66. The molecule has 0 radical (unpaired) electrons. The SMILES string of the molecule is CC(C)C1CNCCN1CCC1CCCC1. The number of hydrogen-bond acceptors (Lipinski definition) is 2. The van der Waals surface area contributed by atoms with E-state index >= 15 is 0 Å². The number of hydrogen-bond donors (Lipinski definition) is 1. The Morgan fingerprint density at radius 2 is 2.00 bits per heavy atom. The molecule has 0 aromatic rings. The van der Waals surface area contributed by atoms with Crippen molar-refractivity contribution in [3.05, 3.63) is 0 Å². The van der Waals surface area contributed by atoms with Crippen molar-refractivity contribution in [3.63, 3.8) is 0 Å². The van der Waals surface area contributed by atoms with Crippen molar-refractivity contribution in [1.82, 2.24) is 10.2 Å². The molecule has 1 heterocycles. The van der Waals surface area contributed by atoms with Crippen molar-refractivity contribution >= 4 is 0 Å². The van der Waals surface area contributed by atoms with Crippen molar-refractivity contribution < 1.29 is 0 Å². The first-order valence-electron chi connectivity index (χ1n) is 7.22. The van der Waals surface area contributed by atoms with Crippen LogP contribution in [-0.4, -0.2) is 37.1 Å². The summed E-state index contributed by atoms with van der Waals surface area (Å²) in [7, 11) is 0. The van der Waals surface area contributed by atoms with Crippen molar-refractivity contribution in [2.24, 2.45) is 11.8 Å². The van der Waals surface area contributed by atoms with Gasteiger partial charge < -0.3 is 5.32 Å². The standard InChI is InChI=1S/C14H28N2/c1-12(2)14-11-15-8-10-16(14)9-7-13-5-3-4-6-13/h12-15H,3-11H2,1-2H3. The van der Waals surface area contributed by atoms with Crippen molar-refractivity contribution in [2.75, 3.05) is 26.2 Å². The monoisotopic (exact) mass is 224 g/mol. The zero-order valence-corrected chi connectivity index (χ0v) is 11.0. The van der Waals surface area contributed by atoms with Gasteiger partial charge in [0.25, 0.3) is 0 Å². The van der Waals surface area contributed by atoms with Gasteiger partial charge in [-0.05, 0) is 24.8 Å². The number of piperazine rings is 1. The molecule has 2 heteroatoms. The minimum Gasteiger partial charge on any atom is -0.314 e. The van der Waals surface area contributed by atoms with Crippen LogP contribution in [0.2, 0.25) is 0 Å². The summed E-state index contributed by atoms with van der Waals surface area (Å²) in [5, 5.41) is 3.53. The van der Waals surface area contributed by atoms with E-state index < -0.39 is 0 Å². The van der Waals surface area contributed by atoms with Crippen LogP contribution in [0, 0.1) is 11.8 Å². The molecule has 2 nitrogen and oxygen atoms in total. The first kappa shape index (κ1) is 12.4. The summed E-state index contributed by atoms with van der Waals surface area (Å²) in [6, 6.07) is 0.773. The van der Waals surface area contributed by atoms with E-state index in [-0.39, 0.29) is 0 Å². The van der Waals surface area contributed by atoms with Gasteiger partial charge in [-0.25, -0.2) is 0 Å². The summed E-state index contributed by atoms with van der Waals surface area (Å²) in [6.45, 7) is 9.71. The third kappa shape index (κ3) is 3.21. The van der Waals surface area contributed by atoms with Gasteiger partial charge >= 0.3 is 0 Å². The molecule has 1 saturated carbocycles. The molecule has 1 atom stereocenters. The van der Waals surface area contributed by atoms with Crippen LogP contribution in [-0.2, 0) is 0 Å². The molecule has 1 aliphatic heterocycles. The summed E-state index contributed by atoms with van der Waals surface area (Å²) in [5.74, 6) is 1.83. The molecule has 1 aliphatic carbocycles. The second kappa shape index (κ2) is 6.02. The maximum Gasteiger partial charge on any atom is 0.0244 e. The zero-order valence-electron chi connectivity index (χ0n) is 11.0. The van der Waals surface area contributed by atoms with Crippen LogP contribution in [0.4, 0.5) is 0 Å². The Hall–Kier alpha value is -0.0800. The molecule has 94 valence electrons. The molecular formula is C14H28N2. The van der Waals surface area contributed by atoms with Crippen LogP contribution < -0.4 is 5.32 Å². The third-order valence-corrected chi connectivity index (χ3v) is 4.47. The second-order valence-corrected chi connectivity index (χ2v) is 5.99. The minimum atomic E-state index is 0.773. The van der Waals surface area contributed by atoms with Gasteiger partial charge in [0.05, 0.1) is 0 Å². The highest BCUT2D eigenvalue weighted by atomic mass is 15.2. The number of nitrogens with zero attached hydrogens (tertiary/aromatic N) is 1. The van der Waals surface area contributed by atoms with E-state index in [1.165, 1.54) is 58.3 Å². The lowest BCUT2D eigenvalue weighted by molar-refractivity contribution is 0.117. The fourth-order valence-corrected chi connectivity index (χ4v) is 3.35. The molecule has 1 saturated heterocycles. The fraction of sp³-hybridized carbons (Fsp3) is 1.00. The molecule has 0 bridgehead atoms. The van der Waals surface area contributed by atoms with Gasteiger partial charge in [-0.3, -0.25) is 4.90 Å². The van der Waals surface area contributed by atoms with Gasteiger partial charge in [0.1, 0.15) is 0 Å². The first-order chi connectivity index (χ1) is 7.77. The van der Waals surface area contributed by atoms with E-state index in [1.54, 1.807) is 0 Å². The van der Waals surface area contributed by atoms with Crippen LogP contribution in [0.1, 0.15) is 46.0 Å². The molecule has 2 rings (SSSR count). The van der Waals surface area contributed by atoms with Gasteiger partial charge in [0.2, 0.25) is 0 Å². The average molecular weight is 224 g/mol. The average Bonchev–Trinajstić information content (AvgIpc) is 2.79. The molecule has 1 N–H and O–H groups in total. The predicted octanol–water partition coefficient (Wildman–Crippen LogP) is 2.50. The van der Waals surface area contributed by atoms with Gasteiger partial charge in [-0.15, -0.1) is 0 Å². The van der Waals surface area contributed by atoms with Gasteiger partial charge in [-0.1, -0.05) is 39.5 Å². The highest BCUT2D eigenvalue weighted by Crippen LogP contribution is 2.28. The molecular weight excluding hydrogens is 196 g/mol. The summed E-state index contributed by atoms with van der Waals surface area (Å²) in [4.78, 5) is 2.74. The Morgan fingerprint density at radius 3 is 2.69 bits per heavy atom. The summed E-state index contributed by atoms with van der Waals surface area (Å²) in [5.41, 5.74) is 0. The van der Waals surface area contributed by atoms with E-state index in [2.05, 4.69) is 24.1 Å². The number of nitrogens with one attached hydrogen (secondary N) is 1. The van der Waals surface area contributed by atoms with E-state index in [0.717, 1.165) is 17.9 Å². The Morgan fingerprint density at radius 1 is 1.25 bits per heavy atom. The molecule has 0 aromatic heterocycles. The van der Waals surface area contributed by atoms with Gasteiger partial charge in [0.15, 0.2) is 0 Å². The van der Waals surface area contributed by atoms with Crippen LogP contribution in [0.3, 0.4) is 0 Å². The van der Waals surface area contributed by atoms with E-state index in [4.69, 9.17) is 0 Å². The van der Waals surface area contributed by atoms with Crippen molar-refractivity contribution in [2.45, 2.75) is 52.0 Å². The van der Waals surface area contributed by atoms with Crippen molar-refractivity contribution in [3.8, 4) is 0 Å². The zero-order chi connectivity index (χ0) is 11.4. The van der Waals surface area contributed by atoms with Gasteiger partial charge in [-0.2, -0.15) is 0 Å². The highest BCUT2D eigenvalue weighted by Gasteiger charge is 2.25. The molecule has 2 aliphatic rings. The second-order valence-electron chi connectivity index (χ2n) is 5.99. The fourth-order valence-electron chi connectivity index (χ4n) is 3.35. The first-order valence-corrected chi connectivity index (χ1v) is 7.22. The lowest BCUT2D eigenvalue weighted by Crippen LogP contribution is -2.53. The van der Waals surface area contributed by atoms with E-state index in [9.17, 15) is 0 Å². The topological polar surface area (TPSA) is 15.3 Å². The lowest BCUT2D eigenvalue weighted by Gasteiger charge is -2.39. The normalized spacial score (nSPS) is 29.1. The van der Waals surface area contributed by atoms with E-state index in [1.807, 2.05) is 0 Å². The molecule has 2 fully saturated rings. The summed E-state index contributed by atoms with van der Waals surface area (Å²) >= 11 is 0.